The molecule has 1 aromatic carbocycles. The Morgan fingerprint density at radius 1 is 1.17 bits per heavy atom. The lowest BCUT2D eigenvalue weighted by atomic mass is 10.1. The van der Waals surface area contributed by atoms with E-state index in [2.05, 4.69) is 36.5 Å². The van der Waals surface area contributed by atoms with Gasteiger partial charge in [-0.1, -0.05) is 31.2 Å². The summed E-state index contributed by atoms with van der Waals surface area (Å²) in [6, 6.07) is 8.47. The van der Waals surface area contributed by atoms with Crippen LogP contribution in [-0.4, -0.2) is 18.2 Å². The zero-order valence-corrected chi connectivity index (χ0v) is 11.7. The minimum atomic E-state index is -0.438. The van der Waals surface area contributed by atoms with Crippen molar-refractivity contribution in [2.75, 3.05) is 6.54 Å². The van der Waals surface area contributed by atoms with Crippen LogP contribution >= 0.6 is 0 Å². The fourth-order valence-corrected chi connectivity index (χ4v) is 1.56. The second-order valence-electron chi connectivity index (χ2n) is 5.35. The van der Waals surface area contributed by atoms with Gasteiger partial charge in [-0.15, -0.1) is 0 Å². The fraction of sp³-hybridized carbons (Fsp3) is 0.533. The first-order valence-electron chi connectivity index (χ1n) is 6.45. The smallest absolute Gasteiger partial charge is 0.407 e. The molecule has 18 heavy (non-hydrogen) atoms. The van der Waals surface area contributed by atoms with Crippen LogP contribution in [0.1, 0.15) is 38.8 Å². The molecule has 0 saturated heterocycles. The van der Waals surface area contributed by atoms with Crippen molar-refractivity contribution in [1.29, 1.82) is 0 Å². The molecule has 0 heterocycles. The van der Waals surface area contributed by atoms with Crippen LogP contribution in [0.5, 0.6) is 0 Å². The Bertz CT molecular complexity index is 376. The van der Waals surface area contributed by atoms with E-state index < -0.39 is 5.60 Å². The molecule has 0 atom stereocenters. The molecule has 100 valence electrons. The summed E-state index contributed by atoms with van der Waals surface area (Å²) in [6.45, 7) is 8.31. The topological polar surface area (TPSA) is 38.3 Å². The molecule has 0 saturated carbocycles. The number of aryl methyl sites for hydroxylation is 1. The van der Waals surface area contributed by atoms with Crippen molar-refractivity contribution in [1.82, 2.24) is 5.32 Å². The molecule has 3 heteroatoms. The first kappa shape index (κ1) is 14.6. The number of carbonyl (C=O) groups excluding carboxylic acids is 1. The van der Waals surface area contributed by atoms with Crippen LogP contribution in [0, 0.1) is 0 Å². The maximum absolute atomic E-state index is 11.4. The van der Waals surface area contributed by atoms with Crippen molar-refractivity contribution in [2.45, 2.75) is 46.1 Å². The van der Waals surface area contributed by atoms with E-state index in [1.54, 1.807) is 0 Å². The van der Waals surface area contributed by atoms with Gasteiger partial charge in [-0.05, 0) is 44.7 Å². The zero-order valence-electron chi connectivity index (χ0n) is 11.7. The third kappa shape index (κ3) is 5.71. The van der Waals surface area contributed by atoms with Crippen molar-refractivity contribution in [3.05, 3.63) is 35.4 Å². The molecule has 1 rings (SSSR count). The highest BCUT2D eigenvalue weighted by molar-refractivity contribution is 5.67. The lowest BCUT2D eigenvalue weighted by molar-refractivity contribution is 0.0528. The maximum atomic E-state index is 11.4. The van der Waals surface area contributed by atoms with Gasteiger partial charge >= 0.3 is 6.09 Å². The zero-order chi connectivity index (χ0) is 13.6. The SMILES string of the molecule is CCc1ccc(CCNC(=O)OC(C)(C)C)cc1. The number of carbonyl (C=O) groups is 1. The molecule has 1 amide bonds. The predicted octanol–water partition coefficient (Wildman–Crippen LogP) is 3.32. The highest BCUT2D eigenvalue weighted by atomic mass is 16.6. The Morgan fingerprint density at radius 3 is 2.22 bits per heavy atom. The maximum Gasteiger partial charge on any atom is 0.407 e. The van der Waals surface area contributed by atoms with Crippen molar-refractivity contribution in [3.63, 3.8) is 0 Å². The second kappa shape index (κ2) is 6.43. The van der Waals surface area contributed by atoms with Crippen molar-refractivity contribution in [2.24, 2.45) is 0 Å². The van der Waals surface area contributed by atoms with Gasteiger partial charge in [0.15, 0.2) is 0 Å². The second-order valence-corrected chi connectivity index (χ2v) is 5.35. The van der Waals surface area contributed by atoms with Crippen LogP contribution < -0.4 is 5.32 Å². The van der Waals surface area contributed by atoms with Gasteiger partial charge in [0.2, 0.25) is 0 Å². The van der Waals surface area contributed by atoms with Crippen LogP contribution in [-0.2, 0) is 17.6 Å². The van der Waals surface area contributed by atoms with Gasteiger partial charge in [-0.2, -0.15) is 0 Å². The van der Waals surface area contributed by atoms with E-state index in [0.717, 1.165) is 12.8 Å². The summed E-state index contributed by atoms with van der Waals surface area (Å²) in [5.74, 6) is 0. The largest absolute Gasteiger partial charge is 0.444 e. The average Bonchev–Trinajstić information content (AvgIpc) is 2.27. The summed E-state index contributed by atoms with van der Waals surface area (Å²) >= 11 is 0. The summed E-state index contributed by atoms with van der Waals surface area (Å²) in [7, 11) is 0. The molecular formula is C15H23NO2. The third-order valence-electron chi connectivity index (χ3n) is 2.51. The summed E-state index contributed by atoms with van der Waals surface area (Å²) in [6.07, 6.45) is 1.52. The van der Waals surface area contributed by atoms with Crippen LogP contribution in [0.2, 0.25) is 0 Å². The summed E-state index contributed by atoms with van der Waals surface area (Å²) < 4.78 is 5.16. The van der Waals surface area contributed by atoms with E-state index in [4.69, 9.17) is 4.74 Å². The van der Waals surface area contributed by atoms with Crippen molar-refractivity contribution in [3.8, 4) is 0 Å². The van der Waals surface area contributed by atoms with Gasteiger partial charge < -0.3 is 10.1 Å². The Labute approximate surface area is 110 Å². The highest BCUT2D eigenvalue weighted by Gasteiger charge is 2.15. The van der Waals surface area contributed by atoms with Gasteiger partial charge in [0.05, 0.1) is 0 Å². The molecule has 0 aliphatic carbocycles. The summed E-state index contributed by atoms with van der Waals surface area (Å²) in [5, 5.41) is 2.76. The third-order valence-corrected chi connectivity index (χ3v) is 2.51. The first-order valence-corrected chi connectivity index (χ1v) is 6.45. The predicted molar refractivity (Wildman–Crippen MR) is 73.8 cm³/mol. The van der Waals surface area contributed by atoms with E-state index in [9.17, 15) is 4.79 Å². The molecule has 0 fully saturated rings. The van der Waals surface area contributed by atoms with E-state index in [1.807, 2.05) is 20.8 Å². The number of alkyl carbamates (subject to hydrolysis) is 1. The lowest BCUT2D eigenvalue weighted by Crippen LogP contribution is -2.33. The average molecular weight is 249 g/mol. The molecule has 0 radical (unpaired) electrons. The number of rotatable bonds is 4. The minimum Gasteiger partial charge on any atom is -0.444 e. The van der Waals surface area contributed by atoms with Gasteiger partial charge in [0, 0.05) is 6.54 Å². The van der Waals surface area contributed by atoms with Crippen LogP contribution in [0.3, 0.4) is 0 Å². The van der Waals surface area contributed by atoms with Gasteiger partial charge in [0.1, 0.15) is 5.60 Å². The molecular weight excluding hydrogens is 226 g/mol. The standard InChI is InChI=1S/C15H23NO2/c1-5-12-6-8-13(9-7-12)10-11-16-14(17)18-15(2,3)4/h6-9H,5,10-11H2,1-4H3,(H,16,17). The molecule has 1 N–H and O–H groups in total. The number of ether oxygens (including phenoxy) is 1. The molecule has 0 aliphatic rings. The minimum absolute atomic E-state index is 0.354. The number of hydrogen-bond acceptors (Lipinski definition) is 2. The Kier molecular flexibility index (Phi) is 5.20. The first-order chi connectivity index (χ1) is 8.40. The molecule has 1 aromatic rings. The van der Waals surface area contributed by atoms with Gasteiger partial charge in [-0.3, -0.25) is 0 Å². The normalized spacial score (nSPS) is 11.1. The molecule has 0 aromatic heterocycles. The molecule has 0 aliphatic heterocycles. The van der Waals surface area contributed by atoms with Crippen LogP contribution in [0.15, 0.2) is 24.3 Å². The molecule has 0 spiro atoms. The quantitative estimate of drug-likeness (QED) is 0.889. The number of nitrogens with one attached hydrogen (secondary N) is 1. The highest BCUT2D eigenvalue weighted by Crippen LogP contribution is 2.07. The van der Waals surface area contributed by atoms with Crippen LogP contribution in [0.4, 0.5) is 4.79 Å². The Morgan fingerprint density at radius 2 is 1.72 bits per heavy atom. The lowest BCUT2D eigenvalue weighted by Gasteiger charge is -2.19. The Balaban J connectivity index is 2.30. The molecule has 0 unspecified atom stereocenters. The fourth-order valence-electron chi connectivity index (χ4n) is 1.56. The number of benzene rings is 1. The number of hydrogen-bond donors (Lipinski definition) is 1. The molecule has 3 nitrogen and oxygen atoms in total. The van der Waals surface area contributed by atoms with Crippen molar-refractivity contribution >= 4 is 6.09 Å². The number of amides is 1. The van der Waals surface area contributed by atoms with E-state index >= 15 is 0 Å². The monoisotopic (exact) mass is 249 g/mol. The summed E-state index contributed by atoms with van der Waals surface area (Å²) in [4.78, 5) is 11.4. The van der Waals surface area contributed by atoms with E-state index in [-0.39, 0.29) is 6.09 Å². The van der Waals surface area contributed by atoms with Crippen LogP contribution in [0.25, 0.3) is 0 Å². The van der Waals surface area contributed by atoms with E-state index in [1.165, 1.54) is 11.1 Å². The van der Waals surface area contributed by atoms with Crippen molar-refractivity contribution < 1.29 is 9.53 Å². The van der Waals surface area contributed by atoms with Gasteiger partial charge in [-0.25, -0.2) is 4.79 Å². The molecule has 0 bridgehead atoms. The Hall–Kier alpha value is -1.51. The van der Waals surface area contributed by atoms with Gasteiger partial charge in [0.25, 0.3) is 0 Å². The summed E-state index contributed by atoms with van der Waals surface area (Å²) in [5.41, 5.74) is 2.12. The van der Waals surface area contributed by atoms with E-state index in [0.29, 0.717) is 6.54 Å².